The third kappa shape index (κ3) is 3.15. The van der Waals surface area contributed by atoms with Gasteiger partial charge in [0.25, 0.3) is 0 Å². The molecule has 1 unspecified atom stereocenters. The van der Waals surface area contributed by atoms with E-state index in [9.17, 15) is 0 Å². The van der Waals surface area contributed by atoms with Crippen LogP contribution in [0.3, 0.4) is 0 Å². The van der Waals surface area contributed by atoms with Gasteiger partial charge in [-0.05, 0) is 40.0 Å². The summed E-state index contributed by atoms with van der Waals surface area (Å²) in [6.45, 7) is 7.66. The summed E-state index contributed by atoms with van der Waals surface area (Å²) < 4.78 is 1.08. The van der Waals surface area contributed by atoms with Crippen molar-refractivity contribution in [3.05, 3.63) is 27.7 Å². The van der Waals surface area contributed by atoms with Crippen LogP contribution in [0.2, 0.25) is 5.02 Å². The number of nitrogens with one attached hydrogen (secondary N) is 1. The Bertz CT molecular complexity index is 395. The molecule has 0 spiro atoms. The maximum Gasteiger partial charge on any atom is 0.0512 e. The maximum absolute atomic E-state index is 5.97. The number of rotatable bonds is 2. The van der Waals surface area contributed by atoms with Gasteiger partial charge in [-0.1, -0.05) is 25.4 Å². The second kappa shape index (κ2) is 5.59. The Labute approximate surface area is 116 Å². The number of hydrogen-bond acceptors (Lipinski definition) is 2. The van der Waals surface area contributed by atoms with Crippen LogP contribution in [0.25, 0.3) is 0 Å². The molecular formula is C13H18BrClN2. The predicted molar refractivity (Wildman–Crippen MR) is 78.0 cm³/mol. The molecule has 2 rings (SSSR count). The number of benzene rings is 1. The number of hydrogen-bond donors (Lipinski definition) is 1. The molecule has 1 saturated heterocycles. The summed E-state index contributed by atoms with van der Waals surface area (Å²) in [5, 5.41) is 4.34. The first kappa shape index (κ1) is 13.2. The highest BCUT2D eigenvalue weighted by atomic mass is 79.9. The highest BCUT2D eigenvalue weighted by Gasteiger charge is 2.22. The lowest BCUT2D eigenvalue weighted by molar-refractivity contribution is 0.368. The Morgan fingerprint density at radius 2 is 2.24 bits per heavy atom. The Kier molecular flexibility index (Phi) is 4.34. The number of piperazine rings is 1. The summed E-state index contributed by atoms with van der Waals surface area (Å²) in [6, 6.07) is 6.57. The molecule has 1 aromatic carbocycles. The molecule has 94 valence electrons. The van der Waals surface area contributed by atoms with E-state index < -0.39 is 0 Å². The SMILES string of the molecule is CC(C)C1CN(c2ccc(Cl)cc2Br)CCN1. The second-order valence-electron chi connectivity index (χ2n) is 4.85. The molecule has 0 saturated carbocycles. The average Bonchev–Trinajstić information content (AvgIpc) is 2.29. The predicted octanol–water partition coefficient (Wildman–Crippen LogP) is 3.54. The van der Waals surface area contributed by atoms with Crippen molar-refractivity contribution < 1.29 is 0 Å². The van der Waals surface area contributed by atoms with Gasteiger partial charge >= 0.3 is 0 Å². The van der Waals surface area contributed by atoms with E-state index in [1.54, 1.807) is 0 Å². The Balaban J connectivity index is 2.16. The van der Waals surface area contributed by atoms with Crippen LogP contribution < -0.4 is 10.2 Å². The van der Waals surface area contributed by atoms with Crippen molar-refractivity contribution in [2.75, 3.05) is 24.5 Å². The van der Waals surface area contributed by atoms with Crippen molar-refractivity contribution in [3.63, 3.8) is 0 Å². The van der Waals surface area contributed by atoms with Gasteiger partial charge in [0.15, 0.2) is 0 Å². The normalized spacial score (nSPS) is 21.0. The standard InChI is InChI=1S/C13H18BrClN2/c1-9(2)12-8-17(6-5-16-12)13-4-3-10(15)7-11(13)14/h3-4,7,9,12,16H,5-6,8H2,1-2H3. The molecule has 0 bridgehead atoms. The molecule has 4 heteroatoms. The van der Waals surface area contributed by atoms with Crippen molar-refractivity contribution in [3.8, 4) is 0 Å². The third-order valence-electron chi connectivity index (χ3n) is 3.26. The van der Waals surface area contributed by atoms with Gasteiger partial charge in [-0.15, -0.1) is 0 Å². The van der Waals surface area contributed by atoms with Crippen LogP contribution >= 0.6 is 27.5 Å². The van der Waals surface area contributed by atoms with Crippen molar-refractivity contribution in [2.45, 2.75) is 19.9 Å². The molecule has 0 aromatic heterocycles. The first-order valence-electron chi connectivity index (χ1n) is 6.01. The van der Waals surface area contributed by atoms with Crippen LogP contribution in [0.15, 0.2) is 22.7 Å². The quantitative estimate of drug-likeness (QED) is 0.897. The zero-order chi connectivity index (χ0) is 12.4. The third-order valence-corrected chi connectivity index (χ3v) is 4.13. The van der Waals surface area contributed by atoms with Gasteiger partial charge in [0.1, 0.15) is 0 Å². The monoisotopic (exact) mass is 316 g/mol. The zero-order valence-electron chi connectivity index (χ0n) is 10.2. The fraction of sp³-hybridized carbons (Fsp3) is 0.538. The molecule has 1 heterocycles. The van der Waals surface area contributed by atoms with Crippen LogP contribution in [0.5, 0.6) is 0 Å². The molecular weight excluding hydrogens is 300 g/mol. The van der Waals surface area contributed by atoms with E-state index in [0.29, 0.717) is 12.0 Å². The Morgan fingerprint density at radius 3 is 2.88 bits per heavy atom. The lowest BCUT2D eigenvalue weighted by Crippen LogP contribution is -2.53. The van der Waals surface area contributed by atoms with Gasteiger partial charge < -0.3 is 10.2 Å². The van der Waals surface area contributed by atoms with Gasteiger partial charge in [-0.2, -0.15) is 0 Å². The van der Waals surface area contributed by atoms with E-state index in [0.717, 1.165) is 29.1 Å². The average molecular weight is 318 g/mol. The molecule has 1 aliphatic heterocycles. The summed E-state index contributed by atoms with van der Waals surface area (Å²) in [6.07, 6.45) is 0. The van der Waals surface area contributed by atoms with Crippen molar-refractivity contribution >= 4 is 33.2 Å². The molecule has 2 nitrogen and oxygen atoms in total. The van der Waals surface area contributed by atoms with E-state index in [2.05, 4.69) is 46.1 Å². The minimum absolute atomic E-state index is 0.561. The number of anilines is 1. The summed E-state index contributed by atoms with van der Waals surface area (Å²) >= 11 is 9.57. The molecule has 1 N–H and O–H groups in total. The highest BCUT2D eigenvalue weighted by molar-refractivity contribution is 9.10. The zero-order valence-corrected chi connectivity index (χ0v) is 12.6. The second-order valence-corrected chi connectivity index (χ2v) is 6.14. The van der Waals surface area contributed by atoms with Gasteiger partial charge in [0.2, 0.25) is 0 Å². The Hall–Kier alpha value is -0.250. The van der Waals surface area contributed by atoms with Gasteiger partial charge in [-0.25, -0.2) is 0 Å². The minimum atomic E-state index is 0.561. The van der Waals surface area contributed by atoms with Crippen molar-refractivity contribution in [2.24, 2.45) is 5.92 Å². The number of halogens is 2. The maximum atomic E-state index is 5.97. The lowest BCUT2D eigenvalue weighted by Gasteiger charge is -2.37. The molecule has 1 aliphatic rings. The minimum Gasteiger partial charge on any atom is -0.368 e. The highest BCUT2D eigenvalue weighted by Crippen LogP contribution is 2.30. The van der Waals surface area contributed by atoms with E-state index in [1.165, 1.54) is 5.69 Å². The molecule has 1 atom stereocenters. The van der Waals surface area contributed by atoms with E-state index in [4.69, 9.17) is 11.6 Å². The van der Waals surface area contributed by atoms with Gasteiger partial charge in [0.05, 0.1) is 5.69 Å². The molecule has 0 aliphatic carbocycles. The molecule has 1 fully saturated rings. The van der Waals surface area contributed by atoms with E-state index in [-0.39, 0.29) is 0 Å². The van der Waals surface area contributed by atoms with Crippen LogP contribution in [-0.4, -0.2) is 25.7 Å². The summed E-state index contributed by atoms with van der Waals surface area (Å²) in [5.74, 6) is 0.656. The van der Waals surface area contributed by atoms with E-state index in [1.807, 2.05) is 12.1 Å². The number of nitrogens with zero attached hydrogens (tertiary/aromatic N) is 1. The fourth-order valence-corrected chi connectivity index (χ4v) is 3.11. The topological polar surface area (TPSA) is 15.3 Å². The smallest absolute Gasteiger partial charge is 0.0512 e. The van der Waals surface area contributed by atoms with E-state index >= 15 is 0 Å². The summed E-state index contributed by atoms with van der Waals surface area (Å²) in [5.41, 5.74) is 1.24. The van der Waals surface area contributed by atoms with Crippen LogP contribution in [0.1, 0.15) is 13.8 Å². The first-order valence-corrected chi connectivity index (χ1v) is 7.18. The fourth-order valence-electron chi connectivity index (χ4n) is 2.18. The van der Waals surface area contributed by atoms with Crippen LogP contribution in [0.4, 0.5) is 5.69 Å². The Morgan fingerprint density at radius 1 is 1.47 bits per heavy atom. The summed E-state index contributed by atoms with van der Waals surface area (Å²) in [4.78, 5) is 2.42. The summed E-state index contributed by atoms with van der Waals surface area (Å²) in [7, 11) is 0. The van der Waals surface area contributed by atoms with Gasteiger partial charge in [0, 0.05) is 35.2 Å². The van der Waals surface area contributed by atoms with Crippen LogP contribution in [-0.2, 0) is 0 Å². The first-order chi connectivity index (χ1) is 8.08. The van der Waals surface area contributed by atoms with Gasteiger partial charge in [-0.3, -0.25) is 0 Å². The van der Waals surface area contributed by atoms with Crippen molar-refractivity contribution in [1.82, 2.24) is 5.32 Å². The van der Waals surface area contributed by atoms with Crippen LogP contribution in [0, 0.1) is 5.92 Å². The lowest BCUT2D eigenvalue weighted by atomic mass is 10.0. The molecule has 0 amide bonds. The molecule has 0 radical (unpaired) electrons. The van der Waals surface area contributed by atoms with Crippen molar-refractivity contribution in [1.29, 1.82) is 0 Å². The molecule has 17 heavy (non-hydrogen) atoms. The largest absolute Gasteiger partial charge is 0.368 e. The molecule has 1 aromatic rings.